The Morgan fingerprint density at radius 3 is 2.88 bits per heavy atom. The zero-order valence-electron chi connectivity index (χ0n) is 4.50. The van der Waals surface area contributed by atoms with Crippen LogP contribution in [0.5, 0.6) is 0 Å². The van der Waals surface area contributed by atoms with Crippen LogP contribution in [0.15, 0.2) is 6.20 Å². The summed E-state index contributed by atoms with van der Waals surface area (Å²) in [5.41, 5.74) is 0.854. The molecule has 3 nitrogen and oxygen atoms in total. The molecule has 0 fully saturated rings. The van der Waals surface area contributed by atoms with Crippen LogP contribution >= 0.6 is 8.46 Å². The normalized spacial score (nSPS) is 11.1. The lowest BCUT2D eigenvalue weighted by atomic mass is 10.8. The van der Waals surface area contributed by atoms with Crippen LogP contribution in [-0.4, -0.2) is 22.6 Å². The van der Waals surface area contributed by atoms with Crippen LogP contribution in [0.25, 0.3) is 0 Å². The molecule has 0 aliphatic heterocycles. The van der Waals surface area contributed by atoms with Crippen LogP contribution in [-0.2, 0) is 7.05 Å². The lowest BCUT2D eigenvalue weighted by molar-refractivity contribution is 0.715. The predicted octanol–water partition coefficient (Wildman–Crippen LogP) is -0.798. The molecule has 1 heterocycles. The van der Waals surface area contributed by atoms with Crippen molar-refractivity contribution in [3.63, 3.8) is 0 Å². The summed E-state index contributed by atoms with van der Waals surface area (Å²) in [5, 5.41) is 7.42. The van der Waals surface area contributed by atoms with Crippen molar-refractivity contribution in [1.29, 1.82) is 0 Å². The fourth-order valence-electron chi connectivity index (χ4n) is 0.413. The summed E-state index contributed by atoms with van der Waals surface area (Å²) >= 11 is 0. The van der Waals surface area contributed by atoms with Crippen molar-refractivity contribution < 1.29 is 0 Å². The molecule has 0 saturated heterocycles. The van der Waals surface area contributed by atoms with Crippen molar-refractivity contribution >= 4 is 21.5 Å². The van der Waals surface area contributed by atoms with E-state index in [1.165, 1.54) is 0 Å². The summed E-state index contributed by atoms with van der Waals surface area (Å²) in [6, 6.07) is 0. The van der Waals surface area contributed by atoms with Crippen molar-refractivity contribution in [2.45, 2.75) is 0 Å². The molecule has 0 aliphatic rings. The van der Waals surface area contributed by atoms with E-state index in [9.17, 15) is 0 Å². The highest BCUT2D eigenvalue weighted by atomic mass is 31.1. The van der Waals surface area contributed by atoms with Crippen molar-refractivity contribution in [2.75, 3.05) is 0 Å². The Hall–Kier alpha value is -0.365. The van der Waals surface area contributed by atoms with Gasteiger partial charge in [-0.05, 0) is 0 Å². The number of aryl methyl sites for hydroxylation is 1. The first kappa shape index (κ1) is 5.77. The largest absolute Gasteiger partial charge is 0.255 e. The highest BCUT2D eigenvalue weighted by Crippen LogP contribution is 1.94. The molecule has 0 amide bonds. The van der Waals surface area contributed by atoms with Crippen LogP contribution in [0.1, 0.15) is 0 Å². The third-order valence-corrected chi connectivity index (χ3v) is 1.28. The van der Waals surface area contributed by atoms with Crippen LogP contribution < -0.4 is 5.44 Å². The van der Waals surface area contributed by atoms with Gasteiger partial charge in [0.2, 0.25) is 0 Å². The number of hydrogen-bond donors (Lipinski definition) is 0. The van der Waals surface area contributed by atoms with Gasteiger partial charge in [-0.25, -0.2) is 0 Å². The van der Waals surface area contributed by atoms with E-state index in [1.807, 2.05) is 7.05 Å². The van der Waals surface area contributed by atoms with Gasteiger partial charge in [0.25, 0.3) is 0 Å². The van der Waals surface area contributed by atoms with Crippen LogP contribution in [0.3, 0.4) is 0 Å². The molecule has 0 aromatic carbocycles. The van der Waals surface area contributed by atoms with E-state index < -0.39 is 0 Å². The molecule has 0 saturated carbocycles. The smallest absolute Gasteiger partial charge is 0.113 e. The van der Waals surface area contributed by atoms with Crippen molar-refractivity contribution in [1.82, 2.24) is 15.0 Å². The van der Waals surface area contributed by atoms with Gasteiger partial charge in [0.15, 0.2) is 0 Å². The molecule has 0 aliphatic carbocycles. The Balaban J connectivity index is 2.84. The van der Waals surface area contributed by atoms with E-state index in [2.05, 4.69) is 10.3 Å². The van der Waals surface area contributed by atoms with E-state index >= 15 is 0 Å². The quantitative estimate of drug-likeness (QED) is 0.363. The zero-order valence-corrected chi connectivity index (χ0v) is 5.50. The molecule has 1 unspecified atom stereocenters. The highest BCUT2D eigenvalue weighted by Gasteiger charge is 1.89. The third-order valence-electron chi connectivity index (χ3n) is 0.751. The molecule has 1 aromatic rings. The van der Waals surface area contributed by atoms with Gasteiger partial charge in [0.05, 0.1) is 11.6 Å². The Morgan fingerprint density at radius 2 is 2.62 bits per heavy atom. The van der Waals surface area contributed by atoms with Gasteiger partial charge >= 0.3 is 0 Å². The number of nitrogens with zero attached hydrogens (tertiary/aromatic N) is 3. The van der Waals surface area contributed by atoms with Crippen molar-refractivity contribution in [3.05, 3.63) is 6.20 Å². The maximum atomic E-state index is 5.28. The van der Waals surface area contributed by atoms with Gasteiger partial charge < -0.3 is 0 Å². The average molecular weight is 125 g/mol. The van der Waals surface area contributed by atoms with Gasteiger partial charge in [-0.15, -0.1) is 13.6 Å². The predicted molar refractivity (Wildman–Crippen MR) is 34.7 cm³/mol. The van der Waals surface area contributed by atoms with Gasteiger partial charge in [0, 0.05) is 7.05 Å². The number of aromatic nitrogens is 3. The van der Waals surface area contributed by atoms with Gasteiger partial charge in [-0.2, -0.15) is 0 Å². The molecule has 2 radical (unpaired) electrons. The first-order valence-corrected chi connectivity index (χ1v) is 3.23. The highest BCUT2D eigenvalue weighted by molar-refractivity contribution is 7.72. The second-order valence-corrected chi connectivity index (χ2v) is 2.22. The van der Waals surface area contributed by atoms with Crippen LogP contribution in [0.2, 0.25) is 0 Å². The Kier molecular flexibility index (Phi) is 1.64. The first-order valence-electron chi connectivity index (χ1n) is 2.16. The SMILES string of the molecule is [B]Pc1cn(C)nn1. The van der Waals surface area contributed by atoms with Crippen molar-refractivity contribution in [3.8, 4) is 0 Å². The second-order valence-electron chi connectivity index (χ2n) is 1.42. The van der Waals surface area contributed by atoms with E-state index in [0.717, 1.165) is 5.44 Å². The minimum Gasteiger partial charge on any atom is -0.255 e. The molecular weight excluding hydrogens is 120 g/mol. The lowest BCUT2D eigenvalue weighted by Crippen LogP contribution is -1.91. The Labute approximate surface area is 50.6 Å². The second kappa shape index (κ2) is 2.27. The molecular formula is C3H5BN3P. The minimum absolute atomic E-state index is 0.256. The van der Waals surface area contributed by atoms with E-state index in [1.54, 1.807) is 10.9 Å². The fraction of sp³-hybridized carbons (Fsp3) is 0.333. The van der Waals surface area contributed by atoms with Gasteiger partial charge in [-0.3, -0.25) is 4.68 Å². The zero-order chi connectivity index (χ0) is 5.98. The van der Waals surface area contributed by atoms with Gasteiger partial charge in [0.1, 0.15) is 7.57 Å². The molecule has 0 bridgehead atoms. The average Bonchev–Trinajstić information content (AvgIpc) is 2.14. The first-order chi connectivity index (χ1) is 3.83. The fourth-order valence-corrected chi connectivity index (χ4v) is 0.777. The Morgan fingerprint density at radius 1 is 1.88 bits per heavy atom. The summed E-state index contributed by atoms with van der Waals surface area (Å²) in [6.07, 6.45) is 1.80. The van der Waals surface area contributed by atoms with Gasteiger partial charge in [-0.1, -0.05) is 5.21 Å². The monoisotopic (exact) mass is 125 g/mol. The van der Waals surface area contributed by atoms with E-state index in [4.69, 9.17) is 7.57 Å². The standard InChI is InChI=1S/C3H5BN3P/c1-7-2-3(8-4)5-6-7/h2,8H,1H3. The van der Waals surface area contributed by atoms with E-state index in [-0.39, 0.29) is 8.46 Å². The maximum Gasteiger partial charge on any atom is 0.113 e. The van der Waals surface area contributed by atoms with E-state index in [0.29, 0.717) is 0 Å². The van der Waals surface area contributed by atoms with Crippen molar-refractivity contribution in [2.24, 2.45) is 7.05 Å². The summed E-state index contributed by atoms with van der Waals surface area (Å²) in [4.78, 5) is 0. The maximum absolute atomic E-state index is 5.28. The topological polar surface area (TPSA) is 30.7 Å². The van der Waals surface area contributed by atoms with Crippen LogP contribution in [0, 0.1) is 0 Å². The molecule has 1 aromatic heterocycles. The number of rotatable bonds is 1. The summed E-state index contributed by atoms with van der Waals surface area (Å²) < 4.78 is 1.63. The summed E-state index contributed by atoms with van der Waals surface area (Å²) in [7, 11) is 7.35. The number of hydrogen-bond acceptors (Lipinski definition) is 2. The molecule has 1 rings (SSSR count). The minimum atomic E-state index is 0.256. The molecule has 5 heteroatoms. The molecule has 0 N–H and O–H groups in total. The molecule has 1 atom stereocenters. The summed E-state index contributed by atoms with van der Waals surface area (Å²) in [6.45, 7) is 0. The third kappa shape index (κ3) is 1.07. The lowest BCUT2D eigenvalue weighted by Gasteiger charge is -1.79. The Bertz CT molecular complexity index is 175. The molecule has 40 valence electrons. The molecule has 0 spiro atoms. The summed E-state index contributed by atoms with van der Waals surface area (Å²) in [5.74, 6) is 0. The van der Waals surface area contributed by atoms with Crippen LogP contribution in [0.4, 0.5) is 0 Å². The molecule has 8 heavy (non-hydrogen) atoms.